The summed E-state index contributed by atoms with van der Waals surface area (Å²) in [6, 6.07) is 2.72. The van der Waals surface area contributed by atoms with Crippen LogP contribution in [0.15, 0.2) is 18.5 Å². The van der Waals surface area contributed by atoms with Gasteiger partial charge in [0.15, 0.2) is 5.82 Å². The van der Waals surface area contributed by atoms with Gasteiger partial charge < -0.3 is 14.5 Å². The summed E-state index contributed by atoms with van der Waals surface area (Å²) in [5.41, 5.74) is 1.25. The lowest BCUT2D eigenvalue weighted by molar-refractivity contribution is 0.0589. The van der Waals surface area contributed by atoms with E-state index in [1.165, 1.54) is 18.5 Å². The van der Waals surface area contributed by atoms with Crippen molar-refractivity contribution in [1.82, 2.24) is 29.6 Å². The lowest BCUT2D eigenvalue weighted by Crippen LogP contribution is -2.40. The lowest BCUT2D eigenvalue weighted by Gasteiger charge is -2.35. The van der Waals surface area contributed by atoms with E-state index in [4.69, 9.17) is 0 Å². The van der Waals surface area contributed by atoms with Gasteiger partial charge in [0.05, 0.1) is 29.0 Å². The highest BCUT2D eigenvalue weighted by atomic mass is 19.1. The largest absolute Gasteiger partial charge is 0.345 e. The van der Waals surface area contributed by atoms with E-state index >= 15 is 0 Å². The van der Waals surface area contributed by atoms with Gasteiger partial charge in [0.2, 0.25) is 0 Å². The van der Waals surface area contributed by atoms with E-state index in [-0.39, 0.29) is 17.5 Å². The second-order valence-electron chi connectivity index (χ2n) is 7.35. The molecule has 2 aromatic heterocycles. The van der Waals surface area contributed by atoms with Gasteiger partial charge in [0.1, 0.15) is 11.6 Å². The zero-order valence-electron chi connectivity index (χ0n) is 15.0. The van der Waals surface area contributed by atoms with Crippen LogP contribution in [-0.4, -0.2) is 42.1 Å². The highest BCUT2D eigenvalue weighted by Crippen LogP contribution is 2.33. The molecule has 0 spiro atoms. The molecule has 0 radical (unpaired) electrons. The zero-order chi connectivity index (χ0) is 18.4. The van der Waals surface area contributed by atoms with Crippen LogP contribution in [0.2, 0.25) is 0 Å². The van der Waals surface area contributed by atoms with E-state index in [0.29, 0.717) is 17.6 Å². The quantitative estimate of drug-likeness (QED) is 0.754. The summed E-state index contributed by atoms with van der Waals surface area (Å²) in [7, 11) is 0. The first kappa shape index (κ1) is 16.4. The van der Waals surface area contributed by atoms with Gasteiger partial charge in [-0.3, -0.25) is 4.79 Å². The number of nitrogens with zero attached hydrogens (tertiary/aromatic N) is 5. The smallest absolute Gasteiger partial charge is 0.257 e. The van der Waals surface area contributed by atoms with Crippen molar-refractivity contribution >= 4 is 16.9 Å². The normalized spacial score (nSPS) is 20.0. The van der Waals surface area contributed by atoms with Gasteiger partial charge in [-0.25, -0.2) is 9.37 Å². The Kier molecular flexibility index (Phi) is 3.91. The first-order chi connectivity index (χ1) is 13.2. The fourth-order valence-electron chi connectivity index (χ4n) is 4.29. The number of fused-ring (bicyclic) bond motifs is 2. The number of aryl methyl sites for hydroxylation is 1. The molecule has 0 saturated carbocycles. The number of aromatic amines is 1. The molecule has 8 heteroatoms. The van der Waals surface area contributed by atoms with Gasteiger partial charge in [-0.15, -0.1) is 10.2 Å². The van der Waals surface area contributed by atoms with Gasteiger partial charge in [0, 0.05) is 25.6 Å². The second-order valence-corrected chi connectivity index (χ2v) is 7.35. The molecular weight excluding hydrogens is 347 g/mol. The van der Waals surface area contributed by atoms with Crippen LogP contribution in [0.5, 0.6) is 0 Å². The van der Waals surface area contributed by atoms with E-state index in [2.05, 4.69) is 24.7 Å². The van der Waals surface area contributed by atoms with E-state index in [9.17, 15) is 9.18 Å². The molecule has 5 rings (SSSR count). The minimum Gasteiger partial charge on any atom is -0.345 e. The van der Waals surface area contributed by atoms with Crippen LogP contribution in [0.25, 0.3) is 11.0 Å². The molecule has 140 valence electrons. The number of nitrogens with one attached hydrogen (secondary N) is 1. The summed E-state index contributed by atoms with van der Waals surface area (Å²) >= 11 is 0. The van der Waals surface area contributed by atoms with Gasteiger partial charge in [-0.1, -0.05) is 0 Å². The van der Waals surface area contributed by atoms with Crippen LogP contribution in [0.3, 0.4) is 0 Å². The molecule has 27 heavy (non-hydrogen) atoms. The number of aromatic nitrogens is 5. The Morgan fingerprint density at radius 2 is 2.04 bits per heavy atom. The van der Waals surface area contributed by atoms with Crippen molar-refractivity contribution in [3.05, 3.63) is 41.5 Å². The number of hydrogen-bond acceptors (Lipinski definition) is 4. The predicted octanol–water partition coefficient (Wildman–Crippen LogP) is 3.00. The maximum absolute atomic E-state index is 14.6. The summed E-state index contributed by atoms with van der Waals surface area (Å²) in [4.78, 5) is 22.0. The molecule has 0 bridgehead atoms. The first-order valence-corrected chi connectivity index (χ1v) is 9.58. The van der Waals surface area contributed by atoms with Crippen LogP contribution in [0, 0.1) is 5.82 Å². The number of carbonyl (C=O) groups is 1. The second kappa shape index (κ2) is 6.44. The molecule has 4 heterocycles. The number of piperidine rings is 1. The van der Waals surface area contributed by atoms with E-state index in [0.717, 1.165) is 56.7 Å². The van der Waals surface area contributed by atoms with Crippen molar-refractivity contribution in [3.63, 3.8) is 0 Å². The van der Waals surface area contributed by atoms with Gasteiger partial charge >= 0.3 is 0 Å². The van der Waals surface area contributed by atoms with E-state index in [1.54, 1.807) is 4.90 Å². The van der Waals surface area contributed by atoms with Gasteiger partial charge in [0.25, 0.3) is 5.91 Å². The Balaban J connectivity index is 1.52. The molecule has 1 amide bonds. The van der Waals surface area contributed by atoms with Crippen LogP contribution in [-0.2, 0) is 13.0 Å². The first-order valence-electron chi connectivity index (χ1n) is 9.58. The lowest BCUT2D eigenvalue weighted by atomic mass is 9.99. The molecule has 2 aliphatic heterocycles. The number of amides is 1. The minimum absolute atomic E-state index is 0.0693. The number of benzene rings is 1. The summed E-state index contributed by atoms with van der Waals surface area (Å²) in [6.45, 7) is 1.49. The van der Waals surface area contributed by atoms with Crippen LogP contribution in [0.4, 0.5) is 4.39 Å². The highest BCUT2D eigenvalue weighted by molar-refractivity contribution is 5.97. The molecule has 0 aliphatic carbocycles. The molecule has 1 aromatic carbocycles. The number of H-pyrrole nitrogens is 1. The zero-order valence-corrected chi connectivity index (χ0v) is 15.0. The molecule has 7 nitrogen and oxygen atoms in total. The summed E-state index contributed by atoms with van der Waals surface area (Å²) in [5.74, 6) is 1.02. The van der Waals surface area contributed by atoms with Crippen molar-refractivity contribution in [1.29, 1.82) is 0 Å². The van der Waals surface area contributed by atoms with Gasteiger partial charge in [-0.2, -0.15) is 0 Å². The SMILES string of the molecule is O=C(c1cc2nc[nH]c2cc1F)N1CCCCC1c1nnc2n1CCCC2. The summed E-state index contributed by atoms with van der Waals surface area (Å²) in [5, 5.41) is 8.76. The third-order valence-electron chi connectivity index (χ3n) is 5.69. The van der Waals surface area contributed by atoms with E-state index < -0.39 is 5.82 Å². The molecule has 1 N–H and O–H groups in total. The topological polar surface area (TPSA) is 79.7 Å². The maximum atomic E-state index is 14.6. The number of rotatable bonds is 2. The van der Waals surface area contributed by atoms with Crippen LogP contribution in [0.1, 0.15) is 60.2 Å². The third-order valence-corrected chi connectivity index (χ3v) is 5.69. The van der Waals surface area contributed by atoms with Crippen molar-refractivity contribution in [2.24, 2.45) is 0 Å². The Morgan fingerprint density at radius 3 is 2.96 bits per heavy atom. The summed E-state index contributed by atoms with van der Waals surface area (Å²) < 4.78 is 16.8. The molecule has 2 aliphatic rings. The monoisotopic (exact) mass is 368 g/mol. The Hall–Kier alpha value is -2.77. The van der Waals surface area contributed by atoms with Crippen molar-refractivity contribution in [3.8, 4) is 0 Å². The van der Waals surface area contributed by atoms with Crippen molar-refractivity contribution in [2.45, 2.75) is 51.1 Å². The number of carbonyl (C=O) groups excluding carboxylic acids is 1. The molecular formula is C19H21FN6O. The molecule has 1 unspecified atom stereocenters. The average Bonchev–Trinajstić information content (AvgIpc) is 3.33. The third kappa shape index (κ3) is 2.70. The average molecular weight is 368 g/mol. The van der Waals surface area contributed by atoms with Crippen LogP contribution >= 0.6 is 0 Å². The number of likely N-dealkylation sites (tertiary alicyclic amines) is 1. The summed E-state index contributed by atoms with van der Waals surface area (Å²) in [6.07, 6.45) is 7.43. The van der Waals surface area contributed by atoms with Gasteiger partial charge in [-0.05, 0) is 38.2 Å². The van der Waals surface area contributed by atoms with E-state index in [1.807, 2.05) is 0 Å². The Labute approximate surface area is 155 Å². The van der Waals surface area contributed by atoms with Crippen molar-refractivity contribution < 1.29 is 9.18 Å². The van der Waals surface area contributed by atoms with Crippen molar-refractivity contribution in [2.75, 3.05) is 6.54 Å². The number of imidazole rings is 1. The Bertz CT molecular complexity index is 1010. The minimum atomic E-state index is -0.524. The maximum Gasteiger partial charge on any atom is 0.257 e. The molecule has 1 atom stereocenters. The molecule has 3 aromatic rings. The highest BCUT2D eigenvalue weighted by Gasteiger charge is 2.34. The number of hydrogen-bond donors (Lipinski definition) is 1. The standard InChI is InChI=1S/C19H21FN6O/c20-13-10-15-14(21-11-22-15)9-12(13)19(27)25-7-3-1-5-16(25)18-24-23-17-6-2-4-8-26(17)18/h9-11,16H,1-8H2,(H,21,22). The fourth-order valence-corrected chi connectivity index (χ4v) is 4.29. The molecule has 1 fully saturated rings. The fraction of sp³-hybridized carbons (Fsp3) is 0.474. The van der Waals surface area contributed by atoms with Crippen LogP contribution < -0.4 is 0 Å². The molecule has 1 saturated heterocycles. The number of halogens is 1. The Morgan fingerprint density at radius 1 is 1.15 bits per heavy atom. The predicted molar refractivity (Wildman–Crippen MR) is 96.6 cm³/mol.